The molecule has 230 valence electrons. The number of nitrogens with one attached hydrogen (secondary N) is 2. The molecule has 44 heavy (non-hydrogen) atoms. The Morgan fingerprint density at radius 1 is 0.523 bits per heavy atom. The minimum Gasteiger partial charge on any atom is -0.293 e. The number of hydrogen-bond donors (Lipinski definition) is 2. The van der Waals surface area contributed by atoms with Gasteiger partial charge in [0.2, 0.25) is 0 Å². The van der Waals surface area contributed by atoms with Gasteiger partial charge >= 0.3 is 0 Å². The number of halogens is 4. The Hall–Kier alpha value is -2.42. The second-order valence-corrected chi connectivity index (χ2v) is 16.3. The van der Waals surface area contributed by atoms with E-state index in [9.17, 15) is 26.4 Å². The number of ketones is 2. The fourth-order valence-corrected chi connectivity index (χ4v) is 8.27. The van der Waals surface area contributed by atoms with Gasteiger partial charge in [-0.1, -0.05) is 68.0 Å². The summed E-state index contributed by atoms with van der Waals surface area (Å²) in [5.41, 5.74) is 1.27. The van der Waals surface area contributed by atoms with Crippen molar-refractivity contribution >= 4 is 111 Å². The molecule has 16 heteroatoms. The Kier molecular flexibility index (Phi) is 11.6. The van der Waals surface area contributed by atoms with E-state index in [2.05, 4.69) is 9.44 Å². The first-order valence-electron chi connectivity index (χ1n) is 12.2. The molecule has 0 atom stereocenters. The fourth-order valence-electron chi connectivity index (χ4n) is 3.52. The summed E-state index contributed by atoms with van der Waals surface area (Å²) in [6.07, 6.45) is 0. The largest absolute Gasteiger partial charge is 0.293 e. The van der Waals surface area contributed by atoms with Crippen LogP contribution >= 0.6 is 68.0 Å². The molecule has 2 N–H and O–H groups in total. The van der Waals surface area contributed by atoms with Crippen LogP contribution in [0.4, 0.5) is 11.4 Å². The second-order valence-electron chi connectivity index (χ2n) is 8.89. The number of carbonyl (C=O) groups excluding carboxylic acids is 2. The van der Waals surface area contributed by atoms with Crippen LogP contribution in [0.15, 0.2) is 94.7 Å². The number of Topliss-reactive ketones (excluding diaryl/α,β-unsaturated/α-hetero) is 2. The Balaban J connectivity index is 1.24. The molecule has 0 saturated carbocycles. The molecule has 0 saturated heterocycles. The highest BCUT2D eigenvalue weighted by Crippen LogP contribution is 2.28. The number of sulfonamides is 2. The van der Waals surface area contributed by atoms with Crippen LogP contribution < -0.4 is 9.44 Å². The highest BCUT2D eigenvalue weighted by atomic mass is 35.5. The molecule has 0 heterocycles. The van der Waals surface area contributed by atoms with Crippen molar-refractivity contribution < 1.29 is 26.4 Å². The Labute approximate surface area is 282 Å². The maximum Gasteiger partial charge on any atom is 0.261 e. The van der Waals surface area contributed by atoms with Crippen LogP contribution in [-0.4, -0.2) is 39.9 Å². The zero-order valence-electron chi connectivity index (χ0n) is 22.1. The molecule has 0 aliphatic rings. The highest BCUT2D eigenvalue weighted by Gasteiger charge is 2.18. The minimum absolute atomic E-state index is 0.0597. The van der Waals surface area contributed by atoms with Crippen LogP contribution in [-0.2, 0) is 20.0 Å². The average molecular weight is 751 g/mol. The first kappa shape index (κ1) is 34.5. The maximum absolute atomic E-state index is 12.6. The van der Waals surface area contributed by atoms with Gasteiger partial charge in [-0.05, 0) is 84.9 Å². The van der Waals surface area contributed by atoms with Gasteiger partial charge in [-0.25, -0.2) is 16.8 Å². The molecule has 0 amide bonds. The van der Waals surface area contributed by atoms with Gasteiger partial charge in [0.05, 0.1) is 41.4 Å². The van der Waals surface area contributed by atoms with E-state index in [4.69, 9.17) is 46.4 Å². The van der Waals surface area contributed by atoms with Crippen LogP contribution in [0, 0.1) is 0 Å². The van der Waals surface area contributed by atoms with E-state index in [0.29, 0.717) is 11.1 Å². The van der Waals surface area contributed by atoms with Gasteiger partial charge in [-0.3, -0.25) is 19.0 Å². The van der Waals surface area contributed by atoms with E-state index in [1.165, 1.54) is 107 Å². The predicted octanol–water partition coefficient (Wildman–Crippen LogP) is 8.35. The summed E-state index contributed by atoms with van der Waals surface area (Å²) in [7, 11) is -5.42. The van der Waals surface area contributed by atoms with E-state index >= 15 is 0 Å². The first-order valence-corrected chi connectivity index (χ1v) is 19.2. The number of hydrogen-bond acceptors (Lipinski definition) is 8. The van der Waals surface area contributed by atoms with Crippen LogP contribution in [0.25, 0.3) is 0 Å². The lowest BCUT2D eigenvalue weighted by atomic mass is 10.1. The van der Waals surface area contributed by atoms with Crippen molar-refractivity contribution in [3.8, 4) is 0 Å². The standard InChI is InChI=1S/C28H20Cl4N2O6S4/c29-23-11-9-21(13-25(23)31)43(37,38)33-19-5-1-17(2-6-19)27(35)15-41-42-16-28(36)18-3-7-20(8-4-18)34-44(39,40)22-10-12-24(30)26(32)14-22/h1-14,33-34H,15-16H2. The number of benzene rings is 4. The molecular formula is C28H20Cl4N2O6S4. The minimum atomic E-state index is -3.92. The predicted molar refractivity (Wildman–Crippen MR) is 181 cm³/mol. The lowest BCUT2D eigenvalue weighted by Crippen LogP contribution is -2.13. The SMILES string of the molecule is O=C(CSSCC(=O)c1ccc(NS(=O)(=O)c2ccc(Cl)c(Cl)c2)cc1)c1ccc(NS(=O)(=O)c2ccc(Cl)c(Cl)c2)cc1. The Bertz CT molecular complexity index is 1780. The van der Waals surface area contributed by atoms with Crippen LogP contribution in [0.3, 0.4) is 0 Å². The third-order valence-electron chi connectivity index (χ3n) is 5.78. The topological polar surface area (TPSA) is 126 Å². The lowest BCUT2D eigenvalue weighted by molar-refractivity contribution is 0.101. The van der Waals surface area contributed by atoms with Crippen molar-refractivity contribution in [1.82, 2.24) is 0 Å². The second kappa shape index (κ2) is 14.8. The quantitative estimate of drug-likeness (QED) is 0.0794. The van der Waals surface area contributed by atoms with E-state index < -0.39 is 20.0 Å². The summed E-state index contributed by atoms with van der Waals surface area (Å²) in [5.74, 6) is -0.233. The van der Waals surface area contributed by atoms with Crippen LogP contribution in [0.5, 0.6) is 0 Å². The fraction of sp³-hybridized carbons (Fsp3) is 0.0714. The molecule has 0 aromatic heterocycles. The van der Waals surface area contributed by atoms with Gasteiger partial charge < -0.3 is 0 Å². The zero-order chi connectivity index (χ0) is 32.1. The summed E-state index contributed by atoms with van der Waals surface area (Å²) in [6.45, 7) is 0. The van der Waals surface area contributed by atoms with Gasteiger partial charge in [-0.15, -0.1) is 0 Å². The van der Waals surface area contributed by atoms with Crippen molar-refractivity contribution in [2.75, 3.05) is 20.9 Å². The van der Waals surface area contributed by atoms with Crippen LogP contribution in [0.2, 0.25) is 20.1 Å². The van der Waals surface area contributed by atoms with E-state index in [1.54, 1.807) is 0 Å². The summed E-state index contributed by atoms with van der Waals surface area (Å²) in [4.78, 5) is 25.0. The van der Waals surface area contributed by atoms with Crippen molar-refractivity contribution in [2.24, 2.45) is 0 Å². The number of carbonyl (C=O) groups is 2. The summed E-state index contributed by atoms with van der Waals surface area (Å²) in [5, 5.41) is 0.669. The summed E-state index contributed by atoms with van der Waals surface area (Å²) in [6, 6.07) is 19.8. The normalized spacial score (nSPS) is 11.6. The Morgan fingerprint density at radius 3 is 1.18 bits per heavy atom. The first-order chi connectivity index (χ1) is 20.7. The molecule has 8 nitrogen and oxygen atoms in total. The maximum atomic E-state index is 12.6. The molecule has 0 bridgehead atoms. The van der Waals surface area contributed by atoms with E-state index in [-0.39, 0.29) is 64.3 Å². The van der Waals surface area contributed by atoms with Gasteiger partial charge in [-0.2, -0.15) is 0 Å². The molecule has 4 aromatic carbocycles. The summed E-state index contributed by atoms with van der Waals surface area (Å²) < 4.78 is 55.3. The number of rotatable bonds is 13. The third kappa shape index (κ3) is 9.07. The molecule has 0 unspecified atom stereocenters. The molecule has 0 radical (unpaired) electrons. The molecule has 0 fully saturated rings. The van der Waals surface area contributed by atoms with Gasteiger partial charge in [0.1, 0.15) is 0 Å². The van der Waals surface area contributed by atoms with E-state index in [0.717, 1.165) is 0 Å². The molecule has 0 aliphatic carbocycles. The van der Waals surface area contributed by atoms with E-state index in [1.807, 2.05) is 0 Å². The average Bonchev–Trinajstić information content (AvgIpc) is 2.98. The van der Waals surface area contributed by atoms with Crippen LogP contribution in [0.1, 0.15) is 20.7 Å². The highest BCUT2D eigenvalue weighted by molar-refractivity contribution is 8.77. The molecule has 4 rings (SSSR count). The molecule has 0 aliphatic heterocycles. The van der Waals surface area contributed by atoms with Crippen molar-refractivity contribution in [1.29, 1.82) is 0 Å². The van der Waals surface area contributed by atoms with Gasteiger partial charge in [0.25, 0.3) is 20.0 Å². The summed E-state index contributed by atoms with van der Waals surface area (Å²) >= 11 is 23.5. The third-order valence-corrected chi connectivity index (χ3v) is 12.2. The van der Waals surface area contributed by atoms with Crippen molar-refractivity contribution in [3.63, 3.8) is 0 Å². The van der Waals surface area contributed by atoms with Gasteiger partial charge in [0.15, 0.2) is 11.6 Å². The van der Waals surface area contributed by atoms with Crippen molar-refractivity contribution in [3.05, 3.63) is 116 Å². The monoisotopic (exact) mass is 748 g/mol. The lowest BCUT2D eigenvalue weighted by Gasteiger charge is -2.10. The molecule has 0 spiro atoms. The zero-order valence-corrected chi connectivity index (χ0v) is 28.4. The number of anilines is 2. The van der Waals surface area contributed by atoms with Gasteiger partial charge in [0, 0.05) is 22.5 Å². The smallest absolute Gasteiger partial charge is 0.261 e. The van der Waals surface area contributed by atoms with Crippen molar-refractivity contribution in [2.45, 2.75) is 9.79 Å². The Morgan fingerprint density at radius 2 is 0.864 bits per heavy atom. The molecular weight excluding hydrogens is 730 g/mol. The molecule has 4 aromatic rings.